The van der Waals surface area contributed by atoms with E-state index >= 15 is 0 Å². The molecule has 0 saturated carbocycles. The molecule has 2 heterocycles. The van der Waals surface area contributed by atoms with E-state index in [0.29, 0.717) is 41.5 Å². The molecule has 1 aliphatic rings. The summed E-state index contributed by atoms with van der Waals surface area (Å²) < 4.78 is 46.7. The second-order valence-corrected chi connectivity index (χ2v) is 8.23. The Kier molecular flexibility index (Phi) is 5.06. The van der Waals surface area contributed by atoms with Crippen molar-refractivity contribution in [3.05, 3.63) is 65.5 Å². The molecule has 164 valence electrons. The average molecular weight is 433 g/mol. The zero-order chi connectivity index (χ0) is 22.4. The van der Waals surface area contributed by atoms with Gasteiger partial charge in [0.1, 0.15) is 11.4 Å². The number of hydrogen-bond acceptors (Lipinski definition) is 6. The Labute approximate surface area is 177 Å². The standard InChI is InChI=1S/C22H22F3N3O3/c1-14-26-19(27-31-14)15-5-4-6-17(11-15)21(29,20(2)12-28(3)13-20)16-7-9-18(10-8-16)30-22(23,24)25/h4-11,29H,12-13H2,1-3H3. The normalized spacial score (nSPS) is 18.3. The van der Waals surface area contributed by atoms with Crippen LogP contribution in [-0.4, -0.2) is 46.6 Å². The maximum absolute atomic E-state index is 12.5. The van der Waals surface area contributed by atoms with Crippen LogP contribution in [0.3, 0.4) is 0 Å². The van der Waals surface area contributed by atoms with Crippen LogP contribution in [0.25, 0.3) is 11.4 Å². The minimum atomic E-state index is -4.78. The number of aliphatic hydroxyl groups is 1. The number of aromatic nitrogens is 2. The summed E-state index contributed by atoms with van der Waals surface area (Å²) in [6.45, 7) is 4.86. The van der Waals surface area contributed by atoms with Crippen LogP contribution < -0.4 is 4.74 Å². The Hall–Kier alpha value is -2.91. The summed E-state index contributed by atoms with van der Waals surface area (Å²) in [5, 5.41) is 16.0. The van der Waals surface area contributed by atoms with Crippen LogP contribution in [0.5, 0.6) is 5.75 Å². The lowest BCUT2D eigenvalue weighted by Crippen LogP contribution is -2.63. The molecule has 9 heteroatoms. The molecule has 1 aliphatic heterocycles. The summed E-state index contributed by atoms with van der Waals surface area (Å²) >= 11 is 0. The zero-order valence-corrected chi connectivity index (χ0v) is 17.3. The topological polar surface area (TPSA) is 71.6 Å². The van der Waals surface area contributed by atoms with Crippen LogP contribution in [0.2, 0.25) is 0 Å². The summed E-state index contributed by atoms with van der Waals surface area (Å²) in [6, 6.07) is 12.5. The van der Waals surface area contributed by atoms with E-state index in [9.17, 15) is 18.3 Å². The monoisotopic (exact) mass is 433 g/mol. The lowest BCUT2D eigenvalue weighted by molar-refractivity contribution is -0.274. The van der Waals surface area contributed by atoms with Gasteiger partial charge in [0.05, 0.1) is 0 Å². The molecule has 0 amide bonds. The molecule has 0 spiro atoms. The molecule has 2 aromatic carbocycles. The van der Waals surface area contributed by atoms with E-state index in [0.717, 1.165) is 0 Å². The molecule has 0 aliphatic carbocycles. The second-order valence-electron chi connectivity index (χ2n) is 8.23. The Morgan fingerprint density at radius 3 is 2.32 bits per heavy atom. The first-order valence-corrected chi connectivity index (χ1v) is 9.69. The van der Waals surface area contributed by atoms with Gasteiger partial charge in [0, 0.05) is 31.0 Å². The third kappa shape index (κ3) is 3.90. The molecule has 3 aromatic rings. The fourth-order valence-corrected chi connectivity index (χ4v) is 4.44. The third-order valence-electron chi connectivity index (χ3n) is 5.68. The van der Waals surface area contributed by atoms with Crippen LogP contribution in [0, 0.1) is 12.3 Å². The SMILES string of the molecule is Cc1nc(-c2cccc(C(O)(c3ccc(OC(F)(F)F)cc3)C3(C)CN(C)C3)c2)no1. The van der Waals surface area contributed by atoms with E-state index in [4.69, 9.17) is 4.52 Å². The first-order valence-electron chi connectivity index (χ1n) is 9.69. The molecule has 0 radical (unpaired) electrons. The number of hydrogen-bond donors (Lipinski definition) is 1. The molecule has 6 nitrogen and oxygen atoms in total. The highest BCUT2D eigenvalue weighted by atomic mass is 19.4. The summed E-state index contributed by atoms with van der Waals surface area (Å²) in [5.41, 5.74) is -0.307. The highest BCUT2D eigenvalue weighted by molar-refractivity contribution is 5.57. The molecule has 1 saturated heterocycles. The Morgan fingerprint density at radius 1 is 1.10 bits per heavy atom. The van der Waals surface area contributed by atoms with E-state index in [1.54, 1.807) is 25.1 Å². The number of ether oxygens (including phenoxy) is 1. The first kappa shape index (κ1) is 21.3. The molecule has 1 fully saturated rings. The van der Waals surface area contributed by atoms with Crippen LogP contribution >= 0.6 is 0 Å². The Morgan fingerprint density at radius 2 is 1.77 bits per heavy atom. The van der Waals surface area contributed by atoms with E-state index in [1.165, 1.54) is 24.3 Å². The molecule has 4 rings (SSSR count). The van der Waals surface area contributed by atoms with Gasteiger partial charge in [0.25, 0.3) is 0 Å². The van der Waals surface area contributed by atoms with Gasteiger partial charge < -0.3 is 19.3 Å². The van der Waals surface area contributed by atoms with Gasteiger partial charge in [-0.25, -0.2) is 0 Å². The van der Waals surface area contributed by atoms with Crippen LogP contribution in [0.4, 0.5) is 13.2 Å². The molecule has 1 atom stereocenters. The predicted molar refractivity (Wildman–Crippen MR) is 106 cm³/mol. The molecule has 1 unspecified atom stereocenters. The fraction of sp³-hybridized carbons (Fsp3) is 0.364. The molecular formula is C22H22F3N3O3. The quantitative estimate of drug-likeness (QED) is 0.653. The van der Waals surface area contributed by atoms with Crippen molar-refractivity contribution in [3.8, 4) is 17.1 Å². The number of halogens is 3. The number of likely N-dealkylation sites (tertiary alicyclic amines) is 1. The van der Waals surface area contributed by atoms with Gasteiger partial charge in [-0.2, -0.15) is 4.98 Å². The summed E-state index contributed by atoms with van der Waals surface area (Å²) in [4.78, 5) is 6.31. The maximum Gasteiger partial charge on any atom is 0.573 e. The van der Waals surface area contributed by atoms with E-state index in [2.05, 4.69) is 19.8 Å². The summed E-state index contributed by atoms with van der Waals surface area (Å²) in [6.07, 6.45) is -4.78. The number of alkyl halides is 3. The number of nitrogens with zero attached hydrogens (tertiary/aromatic N) is 3. The largest absolute Gasteiger partial charge is 0.573 e. The maximum atomic E-state index is 12.5. The highest BCUT2D eigenvalue weighted by Gasteiger charge is 2.55. The molecule has 31 heavy (non-hydrogen) atoms. The van der Waals surface area contributed by atoms with Gasteiger partial charge in [-0.05, 0) is 36.4 Å². The van der Waals surface area contributed by atoms with Crippen molar-refractivity contribution >= 4 is 0 Å². The Bertz CT molecular complexity index is 1080. The number of benzene rings is 2. The lowest BCUT2D eigenvalue weighted by atomic mass is 9.62. The minimum Gasteiger partial charge on any atom is -0.406 e. The molecule has 0 bridgehead atoms. The fourth-order valence-electron chi connectivity index (χ4n) is 4.44. The van der Waals surface area contributed by atoms with Crippen molar-refractivity contribution in [3.63, 3.8) is 0 Å². The Balaban J connectivity index is 1.78. The van der Waals surface area contributed by atoms with Gasteiger partial charge in [-0.3, -0.25) is 0 Å². The van der Waals surface area contributed by atoms with Gasteiger partial charge >= 0.3 is 6.36 Å². The lowest BCUT2D eigenvalue weighted by Gasteiger charge is -2.56. The van der Waals surface area contributed by atoms with Crippen LogP contribution in [-0.2, 0) is 5.60 Å². The van der Waals surface area contributed by atoms with Crippen molar-refractivity contribution in [1.29, 1.82) is 0 Å². The zero-order valence-electron chi connectivity index (χ0n) is 17.3. The van der Waals surface area contributed by atoms with Crippen molar-refractivity contribution in [1.82, 2.24) is 15.0 Å². The summed E-state index contributed by atoms with van der Waals surface area (Å²) in [7, 11) is 1.95. The van der Waals surface area contributed by atoms with Crippen molar-refractivity contribution < 1.29 is 27.5 Å². The predicted octanol–water partition coefficient (Wildman–Crippen LogP) is 4.13. The molecule has 1 N–H and O–H groups in total. The highest BCUT2D eigenvalue weighted by Crippen LogP contribution is 2.50. The second kappa shape index (κ2) is 7.35. The van der Waals surface area contributed by atoms with Crippen molar-refractivity contribution in [2.75, 3.05) is 20.1 Å². The van der Waals surface area contributed by atoms with Crippen molar-refractivity contribution in [2.45, 2.75) is 25.8 Å². The molecule has 1 aromatic heterocycles. The summed E-state index contributed by atoms with van der Waals surface area (Å²) in [5.74, 6) is 0.473. The molecular weight excluding hydrogens is 411 g/mol. The van der Waals surface area contributed by atoms with E-state index < -0.39 is 17.4 Å². The van der Waals surface area contributed by atoms with E-state index in [-0.39, 0.29) is 5.75 Å². The minimum absolute atomic E-state index is 0.342. The van der Waals surface area contributed by atoms with Gasteiger partial charge in [-0.15, -0.1) is 13.2 Å². The number of aryl methyl sites for hydroxylation is 1. The van der Waals surface area contributed by atoms with Crippen LogP contribution in [0.15, 0.2) is 53.1 Å². The van der Waals surface area contributed by atoms with Gasteiger partial charge in [0.2, 0.25) is 11.7 Å². The van der Waals surface area contributed by atoms with E-state index in [1.807, 2.05) is 20.0 Å². The van der Waals surface area contributed by atoms with Gasteiger partial charge in [0.15, 0.2) is 0 Å². The van der Waals surface area contributed by atoms with Crippen molar-refractivity contribution in [2.24, 2.45) is 5.41 Å². The first-order chi connectivity index (χ1) is 14.5. The van der Waals surface area contributed by atoms with Crippen LogP contribution in [0.1, 0.15) is 23.9 Å². The average Bonchev–Trinajstić information content (AvgIpc) is 3.12. The van der Waals surface area contributed by atoms with Gasteiger partial charge in [-0.1, -0.05) is 42.4 Å². The third-order valence-corrected chi connectivity index (χ3v) is 5.68. The number of rotatable bonds is 5. The smallest absolute Gasteiger partial charge is 0.406 e.